The summed E-state index contributed by atoms with van der Waals surface area (Å²) in [4.78, 5) is 11.3. The minimum atomic E-state index is -0.643. The second-order valence-corrected chi connectivity index (χ2v) is 4.58. The summed E-state index contributed by atoms with van der Waals surface area (Å²) in [7, 11) is 0. The fourth-order valence-electron chi connectivity index (χ4n) is 1.09. The van der Waals surface area contributed by atoms with Crippen molar-refractivity contribution in [3.8, 4) is 0 Å². The average molecular weight is 226 g/mol. The number of ether oxygens (including phenoxy) is 2. The second-order valence-electron chi connectivity index (χ2n) is 4.58. The first kappa shape index (κ1) is 14.8. The molecule has 0 radical (unpaired) electrons. The molecule has 3 heteroatoms. The van der Waals surface area contributed by atoms with Crippen LogP contribution in [0.1, 0.15) is 40.0 Å². The van der Waals surface area contributed by atoms with Crippen LogP contribution in [0.5, 0.6) is 0 Å². The molecule has 0 rings (SSSR count). The lowest BCUT2D eigenvalue weighted by Crippen LogP contribution is -2.27. The van der Waals surface area contributed by atoms with Crippen molar-refractivity contribution in [3.63, 3.8) is 0 Å². The molecule has 0 fully saturated rings. The third-order valence-electron chi connectivity index (χ3n) is 1.80. The maximum absolute atomic E-state index is 11.3. The lowest BCUT2D eigenvalue weighted by Gasteiger charge is -2.21. The Morgan fingerprint density at radius 2 is 2.00 bits per heavy atom. The van der Waals surface area contributed by atoms with E-state index in [-0.39, 0.29) is 6.10 Å². The maximum Gasteiger partial charge on any atom is 0.509 e. The first-order valence-corrected chi connectivity index (χ1v) is 5.52. The van der Waals surface area contributed by atoms with E-state index in [1.54, 1.807) is 26.8 Å². The van der Waals surface area contributed by atoms with Crippen LogP contribution in [-0.2, 0) is 9.47 Å². The second kappa shape index (κ2) is 7.09. The Bertz CT molecular complexity index is 238. The van der Waals surface area contributed by atoms with Crippen LogP contribution in [0.25, 0.3) is 0 Å². The van der Waals surface area contributed by atoms with Gasteiger partial charge in [0.05, 0.1) is 0 Å². The highest BCUT2D eigenvalue weighted by molar-refractivity contribution is 5.60. The number of hydrogen-bond donors (Lipinski definition) is 0. The van der Waals surface area contributed by atoms with E-state index in [1.165, 1.54) is 0 Å². The molecule has 1 unspecified atom stereocenters. The van der Waals surface area contributed by atoms with Gasteiger partial charge in [0.15, 0.2) is 0 Å². The topological polar surface area (TPSA) is 35.5 Å². The molecule has 1 atom stereocenters. The minimum Gasteiger partial charge on any atom is -0.429 e. The summed E-state index contributed by atoms with van der Waals surface area (Å²) in [5, 5.41) is 0. The van der Waals surface area contributed by atoms with Crippen LogP contribution >= 0.6 is 0 Å². The van der Waals surface area contributed by atoms with Crippen molar-refractivity contribution in [2.75, 3.05) is 0 Å². The Morgan fingerprint density at radius 1 is 1.38 bits per heavy atom. The van der Waals surface area contributed by atoms with Crippen LogP contribution in [0.15, 0.2) is 25.3 Å². The van der Waals surface area contributed by atoms with E-state index >= 15 is 0 Å². The van der Waals surface area contributed by atoms with Gasteiger partial charge in [-0.3, -0.25) is 0 Å². The molecule has 0 saturated heterocycles. The summed E-state index contributed by atoms with van der Waals surface area (Å²) in [5.41, 5.74) is -0.524. The number of hydrogen-bond acceptors (Lipinski definition) is 3. The first-order valence-electron chi connectivity index (χ1n) is 5.52. The van der Waals surface area contributed by atoms with Crippen LogP contribution in [0, 0.1) is 0 Å². The van der Waals surface area contributed by atoms with Crippen molar-refractivity contribution >= 4 is 6.16 Å². The van der Waals surface area contributed by atoms with Gasteiger partial charge in [-0.05, 0) is 40.0 Å². The van der Waals surface area contributed by atoms with E-state index in [2.05, 4.69) is 13.2 Å². The molecule has 0 aliphatic rings. The van der Waals surface area contributed by atoms with Crippen molar-refractivity contribution in [1.82, 2.24) is 0 Å². The van der Waals surface area contributed by atoms with Crippen LogP contribution in [-0.4, -0.2) is 17.9 Å². The zero-order valence-electron chi connectivity index (χ0n) is 10.5. The molecule has 0 spiro atoms. The molecule has 0 N–H and O–H groups in total. The maximum atomic E-state index is 11.3. The lowest BCUT2D eigenvalue weighted by molar-refractivity contribution is -0.0196. The van der Waals surface area contributed by atoms with E-state index in [4.69, 9.17) is 9.47 Å². The quantitative estimate of drug-likeness (QED) is 0.392. The van der Waals surface area contributed by atoms with Gasteiger partial charge in [0.25, 0.3) is 0 Å². The molecule has 0 aromatic rings. The number of allylic oxidation sites excluding steroid dienone is 1. The number of rotatable bonds is 6. The summed E-state index contributed by atoms with van der Waals surface area (Å²) in [6, 6.07) is 0. The van der Waals surface area contributed by atoms with E-state index in [9.17, 15) is 4.79 Å². The van der Waals surface area contributed by atoms with E-state index in [0.29, 0.717) is 0 Å². The van der Waals surface area contributed by atoms with Gasteiger partial charge in [-0.1, -0.05) is 18.7 Å². The normalized spacial score (nSPS) is 12.7. The number of carbonyl (C=O) groups is 1. The fraction of sp³-hybridized carbons (Fsp3) is 0.615. The Kier molecular flexibility index (Phi) is 6.54. The molecule has 0 bridgehead atoms. The Labute approximate surface area is 98.1 Å². The predicted molar refractivity (Wildman–Crippen MR) is 65.4 cm³/mol. The largest absolute Gasteiger partial charge is 0.509 e. The zero-order chi connectivity index (χ0) is 12.6. The summed E-state index contributed by atoms with van der Waals surface area (Å²) in [5.74, 6) is 0. The minimum absolute atomic E-state index is 0.283. The third kappa shape index (κ3) is 8.09. The molecular formula is C13H22O3. The molecule has 16 heavy (non-hydrogen) atoms. The van der Waals surface area contributed by atoms with Crippen molar-refractivity contribution in [2.24, 2.45) is 0 Å². The molecule has 3 nitrogen and oxygen atoms in total. The monoisotopic (exact) mass is 226 g/mol. The SMILES string of the molecule is C=CCCCC(C=C)OC(=O)OC(C)(C)C. The molecular weight excluding hydrogens is 204 g/mol. The molecule has 92 valence electrons. The summed E-state index contributed by atoms with van der Waals surface area (Å²) in [6.07, 6.45) is 5.10. The van der Waals surface area contributed by atoms with E-state index in [0.717, 1.165) is 19.3 Å². The average Bonchev–Trinajstić information content (AvgIpc) is 2.13. The van der Waals surface area contributed by atoms with Gasteiger partial charge in [-0.2, -0.15) is 0 Å². The van der Waals surface area contributed by atoms with Crippen molar-refractivity contribution < 1.29 is 14.3 Å². The highest BCUT2D eigenvalue weighted by Gasteiger charge is 2.19. The third-order valence-corrected chi connectivity index (χ3v) is 1.80. The first-order chi connectivity index (χ1) is 7.39. The molecule has 0 saturated carbocycles. The van der Waals surface area contributed by atoms with Crippen LogP contribution in [0.2, 0.25) is 0 Å². The Hall–Kier alpha value is -1.25. The van der Waals surface area contributed by atoms with Gasteiger partial charge >= 0.3 is 6.16 Å². The van der Waals surface area contributed by atoms with Gasteiger partial charge in [-0.15, -0.1) is 6.58 Å². The van der Waals surface area contributed by atoms with Crippen LogP contribution < -0.4 is 0 Å². The molecule has 0 heterocycles. The molecule has 0 aromatic carbocycles. The van der Waals surface area contributed by atoms with Gasteiger partial charge in [0.1, 0.15) is 11.7 Å². The molecule has 0 aliphatic heterocycles. The highest BCUT2D eigenvalue weighted by Crippen LogP contribution is 2.12. The van der Waals surface area contributed by atoms with Crippen LogP contribution in [0.3, 0.4) is 0 Å². The predicted octanol–water partition coefficient (Wildman–Crippen LogP) is 3.85. The van der Waals surface area contributed by atoms with Crippen LogP contribution in [0.4, 0.5) is 4.79 Å². The summed E-state index contributed by atoms with van der Waals surface area (Å²) >= 11 is 0. The summed E-state index contributed by atoms with van der Waals surface area (Å²) < 4.78 is 10.2. The Morgan fingerprint density at radius 3 is 2.44 bits per heavy atom. The molecule has 0 aliphatic carbocycles. The fourth-order valence-corrected chi connectivity index (χ4v) is 1.09. The Balaban J connectivity index is 3.97. The van der Waals surface area contributed by atoms with Gasteiger partial charge < -0.3 is 9.47 Å². The van der Waals surface area contributed by atoms with E-state index < -0.39 is 11.8 Å². The number of carbonyl (C=O) groups excluding carboxylic acids is 1. The summed E-state index contributed by atoms with van der Waals surface area (Å²) in [6.45, 7) is 12.7. The van der Waals surface area contributed by atoms with Gasteiger partial charge in [0, 0.05) is 0 Å². The van der Waals surface area contributed by atoms with Crippen molar-refractivity contribution in [1.29, 1.82) is 0 Å². The van der Waals surface area contributed by atoms with Gasteiger partial charge in [0.2, 0.25) is 0 Å². The zero-order valence-corrected chi connectivity index (χ0v) is 10.5. The van der Waals surface area contributed by atoms with Gasteiger partial charge in [-0.25, -0.2) is 4.79 Å². The number of unbranched alkanes of at least 4 members (excludes halogenated alkanes) is 1. The van der Waals surface area contributed by atoms with Crippen molar-refractivity contribution in [3.05, 3.63) is 25.3 Å². The standard InChI is InChI=1S/C13H22O3/c1-6-8-9-10-11(7-2)15-12(14)16-13(3,4)5/h6-7,11H,1-2,8-10H2,3-5H3. The molecule has 0 amide bonds. The van der Waals surface area contributed by atoms with Crippen molar-refractivity contribution in [2.45, 2.75) is 51.7 Å². The van der Waals surface area contributed by atoms with E-state index in [1.807, 2.05) is 6.08 Å². The smallest absolute Gasteiger partial charge is 0.429 e. The highest BCUT2D eigenvalue weighted by atomic mass is 16.7. The lowest BCUT2D eigenvalue weighted by atomic mass is 10.1. The molecule has 0 aromatic heterocycles.